The zero-order chi connectivity index (χ0) is 13.0. The van der Waals surface area contributed by atoms with Crippen LogP contribution in [0.2, 0.25) is 0 Å². The van der Waals surface area contributed by atoms with Crippen LogP contribution in [0.3, 0.4) is 0 Å². The molecule has 0 spiro atoms. The number of carboxylic acids is 1. The number of carbonyl (C=O) groups excluding carboxylic acids is 1. The summed E-state index contributed by atoms with van der Waals surface area (Å²) in [5.41, 5.74) is -0.879. The molecule has 0 unspecified atom stereocenters. The first-order valence-corrected chi connectivity index (χ1v) is 5.68. The molecule has 2 rings (SSSR count). The maximum atomic E-state index is 12.0. The number of rotatable bonds is 3. The number of nitrogens with zero attached hydrogens (tertiary/aromatic N) is 1. The predicted molar refractivity (Wildman–Crippen MR) is 62.1 cm³/mol. The van der Waals surface area contributed by atoms with Gasteiger partial charge in [-0.2, -0.15) is 0 Å². The van der Waals surface area contributed by atoms with Crippen molar-refractivity contribution < 1.29 is 19.4 Å². The molecule has 96 valence electrons. The number of carboxylic acid groups (broad SMARTS) is 1. The highest BCUT2D eigenvalue weighted by atomic mass is 16.5. The van der Waals surface area contributed by atoms with Gasteiger partial charge < -0.3 is 15.2 Å². The first-order valence-electron chi connectivity index (χ1n) is 5.68. The molecule has 1 aliphatic heterocycles. The summed E-state index contributed by atoms with van der Waals surface area (Å²) in [6.07, 6.45) is 3.51. The van der Waals surface area contributed by atoms with Crippen LogP contribution in [-0.2, 0) is 9.53 Å². The molecule has 0 saturated carbocycles. The van der Waals surface area contributed by atoms with Crippen LogP contribution in [0.5, 0.6) is 0 Å². The number of amides is 1. The normalized spacial score (nSPS) is 18.0. The molecule has 6 heteroatoms. The number of aliphatic carboxylic acids is 1. The second-order valence-corrected chi connectivity index (χ2v) is 4.20. The smallest absolute Gasteiger partial charge is 0.329 e. The molecule has 0 aromatic carbocycles. The van der Waals surface area contributed by atoms with Crippen molar-refractivity contribution in [2.45, 2.75) is 18.4 Å². The van der Waals surface area contributed by atoms with Crippen LogP contribution in [0.15, 0.2) is 24.5 Å². The second kappa shape index (κ2) is 5.14. The summed E-state index contributed by atoms with van der Waals surface area (Å²) in [5.74, 6) is -1.45. The molecule has 0 radical (unpaired) electrons. The third kappa shape index (κ3) is 2.48. The minimum Gasteiger partial charge on any atom is -0.480 e. The SMILES string of the molecule is O=C(NC1(C(=O)O)CCOCC1)c1cccnc1. The van der Waals surface area contributed by atoms with E-state index in [1.165, 1.54) is 6.20 Å². The Morgan fingerprint density at radius 2 is 2.11 bits per heavy atom. The van der Waals surface area contributed by atoms with Crippen molar-refractivity contribution >= 4 is 11.9 Å². The van der Waals surface area contributed by atoms with Gasteiger partial charge in [0.15, 0.2) is 0 Å². The topological polar surface area (TPSA) is 88.5 Å². The zero-order valence-corrected chi connectivity index (χ0v) is 9.76. The molecule has 2 N–H and O–H groups in total. The fourth-order valence-corrected chi connectivity index (χ4v) is 1.90. The Kier molecular flexibility index (Phi) is 3.57. The van der Waals surface area contributed by atoms with Crippen LogP contribution in [-0.4, -0.2) is 40.7 Å². The van der Waals surface area contributed by atoms with E-state index in [0.717, 1.165) is 0 Å². The Bertz CT molecular complexity index is 441. The van der Waals surface area contributed by atoms with Crippen LogP contribution in [0.25, 0.3) is 0 Å². The first kappa shape index (κ1) is 12.5. The highest BCUT2D eigenvalue weighted by Crippen LogP contribution is 2.21. The molecule has 1 fully saturated rings. The van der Waals surface area contributed by atoms with E-state index in [1.54, 1.807) is 18.3 Å². The van der Waals surface area contributed by atoms with E-state index < -0.39 is 17.4 Å². The largest absolute Gasteiger partial charge is 0.480 e. The summed E-state index contributed by atoms with van der Waals surface area (Å²) in [6.45, 7) is 0.666. The van der Waals surface area contributed by atoms with E-state index in [-0.39, 0.29) is 12.8 Å². The van der Waals surface area contributed by atoms with Crippen LogP contribution in [0.1, 0.15) is 23.2 Å². The monoisotopic (exact) mass is 250 g/mol. The van der Waals surface area contributed by atoms with Gasteiger partial charge in [0, 0.05) is 38.4 Å². The highest BCUT2D eigenvalue weighted by molar-refractivity contribution is 5.97. The van der Waals surface area contributed by atoms with Gasteiger partial charge in [-0.15, -0.1) is 0 Å². The van der Waals surface area contributed by atoms with Gasteiger partial charge in [-0.25, -0.2) is 4.79 Å². The van der Waals surface area contributed by atoms with Crippen molar-refractivity contribution in [2.75, 3.05) is 13.2 Å². The van der Waals surface area contributed by atoms with Gasteiger partial charge in [0.1, 0.15) is 5.54 Å². The molecule has 18 heavy (non-hydrogen) atoms. The van der Waals surface area contributed by atoms with Crippen molar-refractivity contribution in [1.82, 2.24) is 10.3 Å². The third-order valence-electron chi connectivity index (χ3n) is 3.03. The van der Waals surface area contributed by atoms with Gasteiger partial charge in [-0.1, -0.05) is 0 Å². The molecule has 6 nitrogen and oxygen atoms in total. The summed E-state index contributed by atoms with van der Waals surface area (Å²) in [4.78, 5) is 27.2. The molecule has 2 heterocycles. The molecule has 0 aliphatic carbocycles. The second-order valence-electron chi connectivity index (χ2n) is 4.20. The van der Waals surface area contributed by atoms with Gasteiger partial charge in [0.05, 0.1) is 5.56 Å². The van der Waals surface area contributed by atoms with Crippen molar-refractivity contribution in [3.05, 3.63) is 30.1 Å². The van der Waals surface area contributed by atoms with Gasteiger partial charge in [-0.3, -0.25) is 9.78 Å². The quantitative estimate of drug-likeness (QED) is 0.812. The van der Waals surface area contributed by atoms with Crippen LogP contribution >= 0.6 is 0 Å². The number of carbonyl (C=O) groups is 2. The number of hydrogen-bond acceptors (Lipinski definition) is 4. The van der Waals surface area contributed by atoms with Crippen molar-refractivity contribution in [3.63, 3.8) is 0 Å². The Morgan fingerprint density at radius 3 is 2.67 bits per heavy atom. The molecule has 0 bridgehead atoms. The Balaban J connectivity index is 2.15. The third-order valence-corrected chi connectivity index (χ3v) is 3.03. The number of ether oxygens (including phenoxy) is 1. The lowest BCUT2D eigenvalue weighted by molar-refractivity contribution is -0.148. The first-order chi connectivity index (χ1) is 8.64. The number of pyridine rings is 1. The minimum atomic E-state index is -1.23. The van der Waals surface area contributed by atoms with E-state index in [2.05, 4.69) is 10.3 Å². The van der Waals surface area contributed by atoms with E-state index >= 15 is 0 Å². The summed E-state index contributed by atoms with van der Waals surface area (Å²) in [7, 11) is 0. The van der Waals surface area contributed by atoms with Gasteiger partial charge in [0.2, 0.25) is 0 Å². The zero-order valence-electron chi connectivity index (χ0n) is 9.76. The molecule has 1 aromatic rings. The van der Waals surface area contributed by atoms with Crippen molar-refractivity contribution in [3.8, 4) is 0 Å². The maximum Gasteiger partial charge on any atom is 0.329 e. The lowest BCUT2D eigenvalue weighted by Crippen LogP contribution is -2.57. The molecule has 1 aliphatic rings. The molecule has 1 aromatic heterocycles. The Morgan fingerprint density at radius 1 is 1.39 bits per heavy atom. The molecule has 1 amide bonds. The van der Waals surface area contributed by atoms with Crippen LogP contribution in [0.4, 0.5) is 0 Å². The number of hydrogen-bond donors (Lipinski definition) is 2. The number of nitrogens with one attached hydrogen (secondary N) is 1. The van der Waals surface area contributed by atoms with Crippen LogP contribution < -0.4 is 5.32 Å². The molecular formula is C12H14N2O4. The number of aromatic nitrogens is 1. The minimum absolute atomic E-state index is 0.272. The fourth-order valence-electron chi connectivity index (χ4n) is 1.90. The van der Waals surface area contributed by atoms with Crippen molar-refractivity contribution in [2.24, 2.45) is 0 Å². The van der Waals surface area contributed by atoms with Gasteiger partial charge in [0.25, 0.3) is 5.91 Å². The highest BCUT2D eigenvalue weighted by Gasteiger charge is 2.41. The lowest BCUT2D eigenvalue weighted by atomic mass is 9.90. The van der Waals surface area contributed by atoms with E-state index in [1.807, 2.05) is 0 Å². The van der Waals surface area contributed by atoms with Crippen molar-refractivity contribution in [1.29, 1.82) is 0 Å². The van der Waals surface area contributed by atoms with E-state index in [9.17, 15) is 14.7 Å². The maximum absolute atomic E-state index is 12.0. The van der Waals surface area contributed by atoms with E-state index in [4.69, 9.17) is 4.74 Å². The standard InChI is InChI=1S/C12H14N2O4/c15-10(9-2-1-5-13-8-9)14-12(11(16)17)3-6-18-7-4-12/h1-2,5,8H,3-4,6-7H2,(H,14,15)(H,16,17). The fraction of sp³-hybridized carbons (Fsp3) is 0.417. The Labute approximate surface area is 104 Å². The summed E-state index contributed by atoms with van der Waals surface area (Å²) < 4.78 is 5.14. The Hall–Kier alpha value is -1.95. The van der Waals surface area contributed by atoms with Crippen LogP contribution in [0, 0.1) is 0 Å². The average molecular weight is 250 g/mol. The molecule has 0 atom stereocenters. The molecule has 1 saturated heterocycles. The summed E-state index contributed by atoms with van der Waals surface area (Å²) in [5, 5.41) is 11.9. The summed E-state index contributed by atoms with van der Waals surface area (Å²) >= 11 is 0. The van der Waals surface area contributed by atoms with Gasteiger partial charge in [-0.05, 0) is 12.1 Å². The average Bonchev–Trinajstić information content (AvgIpc) is 2.40. The predicted octanol–water partition coefficient (Wildman–Crippen LogP) is 0.445. The molecular weight excluding hydrogens is 236 g/mol. The van der Waals surface area contributed by atoms with Gasteiger partial charge >= 0.3 is 5.97 Å². The summed E-state index contributed by atoms with van der Waals surface area (Å²) in [6, 6.07) is 3.23. The lowest BCUT2D eigenvalue weighted by Gasteiger charge is -2.33. The van der Waals surface area contributed by atoms with E-state index in [0.29, 0.717) is 18.8 Å².